The van der Waals surface area contributed by atoms with Gasteiger partial charge in [0, 0.05) is 11.6 Å². The molecule has 0 fully saturated rings. The third-order valence-electron chi connectivity index (χ3n) is 4.84. The van der Waals surface area contributed by atoms with Gasteiger partial charge in [-0.3, -0.25) is 9.32 Å². The van der Waals surface area contributed by atoms with Crippen molar-refractivity contribution in [3.63, 3.8) is 0 Å². The molecule has 12 heteroatoms. The quantitative estimate of drug-likeness (QED) is 0.512. The first-order valence-corrected chi connectivity index (χ1v) is 9.44. The zero-order chi connectivity index (χ0) is 22.2. The van der Waals surface area contributed by atoms with Crippen molar-refractivity contribution in [2.45, 2.75) is 12.6 Å². The average molecular weight is 440 g/mol. The molecule has 0 spiro atoms. The maximum absolute atomic E-state index is 13.9. The van der Waals surface area contributed by atoms with Crippen LogP contribution in [0, 0.1) is 11.6 Å². The van der Waals surface area contributed by atoms with Crippen molar-refractivity contribution >= 4 is 5.91 Å². The molecule has 1 N–H and O–H groups in total. The second kappa shape index (κ2) is 7.72. The summed E-state index contributed by atoms with van der Waals surface area (Å²) in [6.45, 7) is -0.0622. The number of rotatable bonds is 4. The fourth-order valence-electron chi connectivity index (χ4n) is 3.34. The zero-order valence-corrected chi connectivity index (χ0v) is 16.2. The zero-order valence-electron chi connectivity index (χ0n) is 16.2. The van der Waals surface area contributed by atoms with E-state index in [0.717, 1.165) is 12.1 Å². The summed E-state index contributed by atoms with van der Waals surface area (Å²) in [5, 5.41) is 10.5. The molecule has 32 heavy (non-hydrogen) atoms. The summed E-state index contributed by atoms with van der Waals surface area (Å²) >= 11 is 0. The van der Waals surface area contributed by atoms with Gasteiger partial charge in [0.15, 0.2) is 5.82 Å². The summed E-state index contributed by atoms with van der Waals surface area (Å²) in [7, 11) is 0. The number of nitrogens with one attached hydrogen (secondary N) is 1. The highest BCUT2D eigenvalue weighted by molar-refractivity contribution is 5.90. The first-order valence-electron chi connectivity index (χ1n) is 9.44. The molecule has 1 amide bonds. The van der Waals surface area contributed by atoms with Crippen molar-refractivity contribution in [2.24, 2.45) is 0 Å². The largest absolute Gasteiger partial charge is 0.489 e. The van der Waals surface area contributed by atoms with Gasteiger partial charge in [-0.1, -0.05) is 23.4 Å². The van der Waals surface area contributed by atoms with Crippen molar-refractivity contribution in [1.82, 2.24) is 29.8 Å². The minimum absolute atomic E-state index is 0.0176. The van der Waals surface area contributed by atoms with Gasteiger partial charge in [-0.05, 0) is 18.2 Å². The fourth-order valence-corrected chi connectivity index (χ4v) is 3.34. The Morgan fingerprint density at radius 2 is 2.06 bits per heavy atom. The van der Waals surface area contributed by atoms with Gasteiger partial charge < -0.3 is 10.1 Å². The molecule has 0 aliphatic carbocycles. The topological polar surface area (TPSA) is 117 Å². The van der Waals surface area contributed by atoms with E-state index in [9.17, 15) is 18.4 Å². The second-order valence-electron chi connectivity index (χ2n) is 6.95. The predicted molar refractivity (Wildman–Crippen MR) is 103 cm³/mol. The number of aromatic nitrogens is 5. The Balaban J connectivity index is 1.36. The number of amides is 1. The lowest BCUT2D eigenvalue weighted by molar-refractivity contribution is 0.0908. The number of nitrogens with zero attached hydrogens (tertiary/aromatic N) is 5. The van der Waals surface area contributed by atoms with Crippen LogP contribution in [0.1, 0.15) is 28.0 Å². The van der Waals surface area contributed by atoms with Crippen LogP contribution in [-0.2, 0) is 6.54 Å². The number of para-hydroxylation sites is 2. The van der Waals surface area contributed by atoms with Gasteiger partial charge in [-0.25, -0.2) is 27.8 Å². The van der Waals surface area contributed by atoms with Crippen LogP contribution in [0.5, 0.6) is 5.75 Å². The van der Waals surface area contributed by atoms with Gasteiger partial charge in [0.1, 0.15) is 36.4 Å². The Hall–Kier alpha value is -4.35. The van der Waals surface area contributed by atoms with E-state index in [-0.39, 0.29) is 30.4 Å². The van der Waals surface area contributed by atoms with Crippen molar-refractivity contribution in [2.75, 3.05) is 6.61 Å². The molecule has 1 aliphatic heterocycles. The van der Waals surface area contributed by atoms with Crippen LogP contribution < -0.4 is 15.8 Å². The summed E-state index contributed by atoms with van der Waals surface area (Å²) in [4.78, 5) is 28.8. The molecule has 0 bridgehead atoms. The van der Waals surface area contributed by atoms with E-state index >= 15 is 0 Å². The van der Waals surface area contributed by atoms with Crippen LogP contribution in [0.4, 0.5) is 8.78 Å². The Kier molecular flexibility index (Phi) is 4.73. The van der Waals surface area contributed by atoms with E-state index < -0.39 is 29.3 Å². The van der Waals surface area contributed by atoms with Crippen LogP contribution >= 0.6 is 0 Å². The normalized spacial score (nSPS) is 14.8. The predicted octanol–water partition coefficient (Wildman–Crippen LogP) is 1.61. The first kappa shape index (κ1) is 19.6. The number of hydrogen-bond acceptors (Lipinski definition) is 7. The molecule has 2 aromatic carbocycles. The average Bonchev–Trinajstić information content (AvgIpc) is 3.36. The molecular weight excluding hydrogens is 426 g/mol. The Labute approximate surface area is 178 Å². The van der Waals surface area contributed by atoms with Crippen molar-refractivity contribution in [1.29, 1.82) is 0 Å². The summed E-state index contributed by atoms with van der Waals surface area (Å²) in [5.41, 5.74) is 0.624. The molecule has 2 aromatic heterocycles. The van der Waals surface area contributed by atoms with Crippen molar-refractivity contribution < 1.29 is 22.8 Å². The number of carbonyl (C=O) groups is 1. The molecular formula is C20H14F2N6O4. The van der Waals surface area contributed by atoms with Crippen LogP contribution in [0.2, 0.25) is 0 Å². The van der Waals surface area contributed by atoms with Gasteiger partial charge in [0.05, 0.1) is 12.2 Å². The molecule has 1 atom stereocenters. The Morgan fingerprint density at radius 3 is 2.91 bits per heavy atom. The smallest absolute Gasteiger partial charge is 0.446 e. The summed E-state index contributed by atoms with van der Waals surface area (Å²) in [5.74, 6) is -2.41. The van der Waals surface area contributed by atoms with E-state index in [0.29, 0.717) is 11.4 Å². The number of carbonyl (C=O) groups excluding carboxylic acids is 1. The molecule has 4 aromatic rings. The molecule has 1 aliphatic rings. The molecule has 0 saturated heterocycles. The van der Waals surface area contributed by atoms with E-state index in [4.69, 9.17) is 9.26 Å². The van der Waals surface area contributed by atoms with Gasteiger partial charge in [0.2, 0.25) is 5.82 Å². The van der Waals surface area contributed by atoms with Crippen LogP contribution in [0.15, 0.2) is 58.1 Å². The number of benzene rings is 2. The number of fused-ring (bicyclic) bond motifs is 3. The summed E-state index contributed by atoms with van der Waals surface area (Å²) in [6, 6.07) is 9.17. The van der Waals surface area contributed by atoms with Crippen molar-refractivity contribution in [3.8, 4) is 11.4 Å². The monoisotopic (exact) mass is 440 g/mol. The standard InChI is InChI=1S/C20H14F2N6O4/c21-12-6-5-11(13(22)7-12)8-27-10-23-17(25-27)19(29)24-14-9-31-16-4-2-1-3-15(16)28-18(14)26-32-20(28)30/h1-7,10,14H,8-9H2,(H,24,29)/t14-/m0/s1. The molecule has 10 nitrogen and oxygen atoms in total. The molecule has 5 rings (SSSR count). The molecule has 0 unspecified atom stereocenters. The van der Waals surface area contributed by atoms with Gasteiger partial charge in [0.25, 0.3) is 5.91 Å². The lowest BCUT2D eigenvalue weighted by atomic mass is 10.2. The third-order valence-corrected chi connectivity index (χ3v) is 4.84. The van der Waals surface area contributed by atoms with Gasteiger partial charge in [-0.15, -0.1) is 5.10 Å². The minimum atomic E-state index is -0.831. The third kappa shape index (κ3) is 3.51. The van der Waals surface area contributed by atoms with Crippen LogP contribution in [0.3, 0.4) is 0 Å². The number of hydrogen-bond donors (Lipinski definition) is 1. The van der Waals surface area contributed by atoms with E-state index in [1.165, 1.54) is 21.6 Å². The maximum Gasteiger partial charge on any atom is 0.446 e. The Bertz CT molecular complexity index is 1380. The van der Waals surface area contributed by atoms with Gasteiger partial charge in [-0.2, -0.15) is 0 Å². The molecule has 162 valence electrons. The van der Waals surface area contributed by atoms with Crippen LogP contribution in [0.25, 0.3) is 5.69 Å². The number of halogens is 2. The SMILES string of the molecule is O=C(N[C@H]1COc2ccccc2-n2c1noc2=O)c1ncn(Cc2ccc(F)cc2F)n1. The second-order valence-corrected chi connectivity index (χ2v) is 6.95. The highest BCUT2D eigenvalue weighted by atomic mass is 19.1. The van der Waals surface area contributed by atoms with E-state index in [2.05, 4.69) is 20.6 Å². The fraction of sp³-hybridized carbons (Fsp3) is 0.150. The van der Waals surface area contributed by atoms with E-state index in [1.807, 2.05) is 0 Å². The summed E-state index contributed by atoms with van der Waals surface area (Å²) in [6.07, 6.45) is 1.25. The van der Waals surface area contributed by atoms with Gasteiger partial charge >= 0.3 is 5.76 Å². The van der Waals surface area contributed by atoms with E-state index in [1.54, 1.807) is 24.3 Å². The molecule has 0 radical (unpaired) electrons. The lowest BCUT2D eigenvalue weighted by Crippen LogP contribution is -2.34. The van der Waals surface area contributed by atoms with Crippen LogP contribution in [-0.4, -0.2) is 37.0 Å². The maximum atomic E-state index is 13.9. The summed E-state index contributed by atoms with van der Waals surface area (Å²) < 4.78 is 39.9. The molecule has 0 saturated carbocycles. The lowest BCUT2D eigenvalue weighted by Gasteiger charge is -2.13. The highest BCUT2D eigenvalue weighted by Crippen LogP contribution is 2.28. The minimum Gasteiger partial charge on any atom is -0.489 e. The first-order chi connectivity index (χ1) is 15.5. The Morgan fingerprint density at radius 1 is 1.22 bits per heavy atom. The molecule has 3 heterocycles. The van der Waals surface area contributed by atoms with Crippen molar-refractivity contribution in [3.05, 3.63) is 88.2 Å². The number of ether oxygens (including phenoxy) is 1. The highest BCUT2D eigenvalue weighted by Gasteiger charge is 2.30.